The lowest BCUT2D eigenvalue weighted by molar-refractivity contribution is 0.172. The molecule has 1 heterocycles. The SMILES string of the molecule is CC(C)c1nc(-c2ccc(OCCNC[C@H](O)c3ccc(Cl)c(NS(C)(=O)=O)c3)cc2)co1. The monoisotopic (exact) mass is 493 g/mol. The minimum absolute atomic E-state index is 0.230. The maximum atomic E-state index is 11.4. The summed E-state index contributed by atoms with van der Waals surface area (Å²) in [5.74, 6) is 1.67. The van der Waals surface area contributed by atoms with E-state index in [9.17, 15) is 13.5 Å². The highest BCUT2D eigenvalue weighted by atomic mass is 35.5. The number of hydrogen-bond acceptors (Lipinski definition) is 7. The molecule has 0 radical (unpaired) electrons. The lowest BCUT2D eigenvalue weighted by Crippen LogP contribution is -2.26. The molecule has 3 N–H and O–H groups in total. The number of nitrogens with zero attached hydrogens (tertiary/aromatic N) is 1. The number of hydrogen-bond donors (Lipinski definition) is 3. The van der Waals surface area contributed by atoms with Crippen molar-refractivity contribution in [3.05, 3.63) is 65.2 Å². The molecule has 0 aliphatic rings. The molecule has 10 heteroatoms. The zero-order valence-electron chi connectivity index (χ0n) is 18.7. The van der Waals surface area contributed by atoms with E-state index in [4.69, 9.17) is 20.8 Å². The fourth-order valence-electron chi connectivity index (χ4n) is 3.03. The Morgan fingerprint density at radius 3 is 2.55 bits per heavy atom. The summed E-state index contributed by atoms with van der Waals surface area (Å²) in [6.45, 7) is 5.26. The van der Waals surface area contributed by atoms with Crippen LogP contribution in [0.25, 0.3) is 11.3 Å². The van der Waals surface area contributed by atoms with Crippen LogP contribution >= 0.6 is 11.6 Å². The van der Waals surface area contributed by atoms with E-state index in [1.165, 1.54) is 6.07 Å². The third-order valence-electron chi connectivity index (χ3n) is 4.72. The summed E-state index contributed by atoms with van der Waals surface area (Å²) >= 11 is 6.02. The zero-order chi connectivity index (χ0) is 24.0. The number of aliphatic hydroxyl groups excluding tert-OH is 1. The van der Waals surface area contributed by atoms with Crippen LogP contribution in [-0.2, 0) is 10.0 Å². The molecule has 33 heavy (non-hydrogen) atoms. The van der Waals surface area contributed by atoms with Crippen LogP contribution in [0.5, 0.6) is 5.75 Å². The van der Waals surface area contributed by atoms with E-state index in [0.717, 1.165) is 23.3 Å². The van der Waals surface area contributed by atoms with Gasteiger partial charge in [0.1, 0.15) is 24.3 Å². The number of aliphatic hydroxyl groups is 1. The molecule has 0 fully saturated rings. The third kappa shape index (κ3) is 7.46. The van der Waals surface area contributed by atoms with Crippen LogP contribution in [0.4, 0.5) is 5.69 Å². The van der Waals surface area contributed by atoms with Crippen LogP contribution in [0.3, 0.4) is 0 Å². The van der Waals surface area contributed by atoms with Crippen LogP contribution in [0.1, 0.15) is 37.3 Å². The lowest BCUT2D eigenvalue weighted by atomic mass is 10.1. The summed E-state index contributed by atoms with van der Waals surface area (Å²) in [6.07, 6.45) is 1.86. The molecular formula is C23H28ClN3O5S. The Bertz CT molecular complexity index is 1160. The van der Waals surface area contributed by atoms with Gasteiger partial charge in [-0.15, -0.1) is 0 Å². The first kappa shape index (κ1) is 25.0. The second-order valence-corrected chi connectivity index (χ2v) is 10.1. The molecule has 1 aromatic heterocycles. The molecule has 2 aromatic carbocycles. The molecule has 0 aliphatic carbocycles. The number of sulfonamides is 1. The molecule has 8 nitrogen and oxygen atoms in total. The first-order chi connectivity index (χ1) is 15.6. The molecule has 0 bridgehead atoms. The van der Waals surface area contributed by atoms with E-state index in [2.05, 4.69) is 15.0 Å². The smallest absolute Gasteiger partial charge is 0.229 e. The van der Waals surface area contributed by atoms with Gasteiger partial charge < -0.3 is 19.6 Å². The van der Waals surface area contributed by atoms with Crippen molar-refractivity contribution in [2.24, 2.45) is 0 Å². The van der Waals surface area contributed by atoms with Crippen molar-refractivity contribution in [1.29, 1.82) is 0 Å². The van der Waals surface area contributed by atoms with Crippen molar-refractivity contribution in [1.82, 2.24) is 10.3 Å². The number of benzene rings is 2. The van der Waals surface area contributed by atoms with Gasteiger partial charge in [0.05, 0.1) is 23.1 Å². The third-order valence-corrected chi connectivity index (χ3v) is 5.64. The number of oxazole rings is 1. The van der Waals surface area contributed by atoms with Gasteiger partial charge in [-0.1, -0.05) is 31.5 Å². The van der Waals surface area contributed by atoms with Gasteiger partial charge in [0.2, 0.25) is 10.0 Å². The highest BCUT2D eigenvalue weighted by Crippen LogP contribution is 2.27. The van der Waals surface area contributed by atoms with Gasteiger partial charge in [0.25, 0.3) is 0 Å². The zero-order valence-corrected chi connectivity index (χ0v) is 20.3. The van der Waals surface area contributed by atoms with Gasteiger partial charge in [-0.05, 0) is 42.0 Å². The van der Waals surface area contributed by atoms with Crippen molar-refractivity contribution >= 4 is 27.3 Å². The molecule has 0 spiro atoms. The number of halogens is 1. The van der Waals surface area contributed by atoms with Crippen LogP contribution < -0.4 is 14.8 Å². The van der Waals surface area contributed by atoms with Gasteiger partial charge >= 0.3 is 0 Å². The maximum absolute atomic E-state index is 11.4. The van der Waals surface area contributed by atoms with Crippen LogP contribution in [0.2, 0.25) is 5.02 Å². The van der Waals surface area contributed by atoms with Crippen molar-refractivity contribution in [3.8, 4) is 17.0 Å². The van der Waals surface area contributed by atoms with Crippen LogP contribution in [0, 0.1) is 0 Å². The molecule has 0 aliphatic heterocycles. The molecule has 3 rings (SSSR count). The normalized spacial score (nSPS) is 12.7. The van der Waals surface area contributed by atoms with Gasteiger partial charge in [-0.2, -0.15) is 0 Å². The van der Waals surface area contributed by atoms with Crippen LogP contribution in [0.15, 0.2) is 53.1 Å². The largest absolute Gasteiger partial charge is 0.492 e. The van der Waals surface area contributed by atoms with Gasteiger partial charge in [-0.3, -0.25) is 4.72 Å². The minimum Gasteiger partial charge on any atom is -0.492 e. The predicted octanol–water partition coefficient (Wildman–Crippen LogP) is 4.19. The number of ether oxygens (including phenoxy) is 1. The molecule has 0 saturated heterocycles. The van der Waals surface area contributed by atoms with E-state index in [-0.39, 0.29) is 23.2 Å². The number of anilines is 1. The van der Waals surface area contributed by atoms with Crippen molar-refractivity contribution < 1.29 is 22.7 Å². The molecule has 0 unspecified atom stereocenters. The maximum Gasteiger partial charge on any atom is 0.229 e. The standard InChI is InChI=1S/C23H28ClN3O5S/c1-15(2)23-26-21(14-32-23)16-4-7-18(8-5-16)31-11-10-25-13-22(28)17-6-9-19(24)20(12-17)27-33(3,29)30/h4-9,12,14-15,22,25,27-28H,10-11,13H2,1-3H3/t22-/m0/s1. The molecule has 178 valence electrons. The molecule has 0 saturated carbocycles. The quantitative estimate of drug-likeness (QED) is 0.343. The summed E-state index contributed by atoms with van der Waals surface area (Å²) in [7, 11) is -3.47. The second kappa shape index (κ2) is 11.0. The number of nitrogens with one attached hydrogen (secondary N) is 2. The van der Waals surface area contributed by atoms with Crippen LogP contribution in [-0.4, -0.2) is 44.5 Å². The Hall–Kier alpha value is -2.59. The molecule has 3 aromatic rings. The average Bonchev–Trinajstić information content (AvgIpc) is 3.25. The first-order valence-corrected chi connectivity index (χ1v) is 12.7. The molecular weight excluding hydrogens is 466 g/mol. The minimum atomic E-state index is -3.47. The summed E-state index contributed by atoms with van der Waals surface area (Å²) in [6, 6.07) is 12.3. The first-order valence-electron chi connectivity index (χ1n) is 10.5. The second-order valence-electron chi connectivity index (χ2n) is 7.93. The fraction of sp³-hybridized carbons (Fsp3) is 0.348. The van der Waals surface area contributed by atoms with E-state index in [0.29, 0.717) is 24.6 Å². The lowest BCUT2D eigenvalue weighted by Gasteiger charge is -2.15. The number of rotatable bonds is 11. The van der Waals surface area contributed by atoms with E-state index in [1.54, 1.807) is 18.4 Å². The van der Waals surface area contributed by atoms with E-state index < -0.39 is 16.1 Å². The Balaban J connectivity index is 1.44. The Labute approximate surface area is 199 Å². The molecule has 1 atom stereocenters. The molecule has 0 amide bonds. The summed E-state index contributed by atoms with van der Waals surface area (Å²) in [5.41, 5.74) is 2.52. The topological polar surface area (TPSA) is 114 Å². The average molecular weight is 494 g/mol. The summed E-state index contributed by atoms with van der Waals surface area (Å²) in [5, 5.41) is 13.8. The van der Waals surface area contributed by atoms with Gasteiger partial charge in [0.15, 0.2) is 5.89 Å². The van der Waals surface area contributed by atoms with Gasteiger partial charge in [0, 0.05) is 24.6 Å². The summed E-state index contributed by atoms with van der Waals surface area (Å²) in [4.78, 5) is 4.48. The van der Waals surface area contributed by atoms with Crippen molar-refractivity contribution in [3.63, 3.8) is 0 Å². The highest BCUT2D eigenvalue weighted by Gasteiger charge is 2.13. The Morgan fingerprint density at radius 2 is 1.91 bits per heavy atom. The highest BCUT2D eigenvalue weighted by molar-refractivity contribution is 7.92. The fourth-order valence-corrected chi connectivity index (χ4v) is 3.82. The Kier molecular flexibility index (Phi) is 8.36. The van der Waals surface area contributed by atoms with Crippen molar-refractivity contribution in [2.45, 2.75) is 25.9 Å². The van der Waals surface area contributed by atoms with Crippen molar-refractivity contribution in [2.75, 3.05) is 30.7 Å². The van der Waals surface area contributed by atoms with Gasteiger partial charge in [-0.25, -0.2) is 13.4 Å². The Morgan fingerprint density at radius 1 is 1.18 bits per heavy atom. The number of aromatic nitrogens is 1. The predicted molar refractivity (Wildman–Crippen MR) is 129 cm³/mol. The van der Waals surface area contributed by atoms with E-state index in [1.807, 2.05) is 38.1 Å². The van der Waals surface area contributed by atoms with E-state index >= 15 is 0 Å². The summed E-state index contributed by atoms with van der Waals surface area (Å²) < 4.78 is 36.4.